The first-order valence-electron chi connectivity index (χ1n) is 10.2. The molecule has 3 aliphatic heterocycles. The minimum atomic E-state index is -1.04. The highest BCUT2D eigenvalue weighted by molar-refractivity contribution is 6.24. The molecule has 9 nitrogen and oxygen atoms in total. The van der Waals surface area contributed by atoms with E-state index in [0.29, 0.717) is 6.54 Å². The fourth-order valence-electron chi connectivity index (χ4n) is 4.30. The van der Waals surface area contributed by atoms with Crippen LogP contribution in [0.15, 0.2) is 18.2 Å². The van der Waals surface area contributed by atoms with Crippen LogP contribution in [0.2, 0.25) is 0 Å². The molecule has 2 saturated heterocycles. The predicted octanol–water partition coefficient (Wildman–Crippen LogP) is 0.868. The van der Waals surface area contributed by atoms with E-state index >= 15 is 0 Å². The van der Waals surface area contributed by atoms with Crippen LogP contribution in [0.5, 0.6) is 5.75 Å². The molecule has 0 radical (unpaired) electrons. The summed E-state index contributed by atoms with van der Waals surface area (Å²) < 4.78 is 5.66. The molecule has 3 heterocycles. The van der Waals surface area contributed by atoms with E-state index in [1.54, 1.807) is 11.0 Å². The second kappa shape index (κ2) is 7.89. The lowest BCUT2D eigenvalue weighted by Crippen LogP contribution is -2.54. The molecule has 1 aromatic carbocycles. The van der Waals surface area contributed by atoms with Crippen molar-refractivity contribution in [2.45, 2.75) is 51.1 Å². The Morgan fingerprint density at radius 3 is 2.67 bits per heavy atom. The number of piperidine rings is 2. The van der Waals surface area contributed by atoms with E-state index in [-0.39, 0.29) is 48.3 Å². The Bertz CT molecular complexity index is 943. The van der Waals surface area contributed by atoms with E-state index in [1.807, 2.05) is 6.92 Å². The zero-order valence-electron chi connectivity index (χ0n) is 16.7. The Morgan fingerprint density at radius 2 is 1.93 bits per heavy atom. The Labute approximate surface area is 173 Å². The third-order valence-corrected chi connectivity index (χ3v) is 5.90. The topological polar surface area (TPSA) is 113 Å². The van der Waals surface area contributed by atoms with E-state index in [4.69, 9.17) is 4.74 Å². The van der Waals surface area contributed by atoms with Gasteiger partial charge in [-0.3, -0.25) is 34.2 Å². The van der Waals surface area contributed by atoms with Crippen molar-refractivity contribution < 1.29 is 28.7 Å². The molecule has 3 aliphatic rings. The largest absolute Gasteiger partial charge is 0.483 e. The molecule has 0 aliphatic carbocycles. The Morgan fingerprint density at radius 1 is 1.13 bits per heavy atom. The molecule has 1 aromatic rings. The lowest BCUT2D eigenvalue weighted by molar-refractivity contribution is -0.137. The predicted molar refractivity (Wildman–Crippen MR) is 104 cm³/mol. The molecule has 0 aromatic heterocycles. The molecule has 2 unspecified atom stereocenters. The number of fused-ring (bicyclic) bond motifs is 1. The number of hydrogen-bond donors (Lipinski definition) is 1. The van der Waals surface area contributed by atoms with E-state index in [9.17, 15) is 24.0 Å². The number of imide groups is 2. The molecule has 0 saturated carbocycles. The summed E-state index contributed by atoms with van der Waals surface area (Å²) in [5.74, 6) is -2.39. The quantitative estimate of drug-likeness (QED) is 0.733. The number of rotatable bonds is 4. The van der Waals surface area contributed by atoms with Crippen LogP contribution in [0, 0.1) is 0 Å². The van der Waals surface area contributed by atoms with Crippen LogP contribution in [0.4, 0.5) is 0 Å². The Hall–Kier alpha value is -3.23. The SMILES string of the molecule is CC1CCCCN1C(=O)COc1cccc2c1C(=O)N(C1CCC(=O)NC1=O)C2=O. The van der Waals surface area contributed by atoms with E-state index in [1.165, 1.54) is 12.1 Å². The molecule has 9 heteroatoms. The maximum atomic E-state index is 13.0. The van der Waals surface area contributed by atoms with Crippen molar-refractivity contribution in [3.63, 3.8) is 0 Å². The molecule has 0 bridgehead atoms. The van der Waals surface area contributed by atoms with E-state index in [2.05, 4.69) is 5.32 Å². The first kappa shape index (κ1) is 20.1. The van der Waals surface area contributed by atoms with Gasteiger partial charge in [0.1, 0.15) is 11.8 Å². The third kappa shape index (κ3) is 3.44. The van der Waals surface area contributed by atoms with Crippen LogP contribution < -0.4 is 10.1 Å². The second-order valence-electron chi connectivity index (χ2n) is 7.85. The van der Waals surface area contributed by atoms with Crippen molar-refractivity contribution >= 4 is 29.5 Å². The molecular weight excluding hydrogens is 390 g/mol. The monoisotopic (exact) mass is 413 g/mol. The zero-order chi connectivity index (χ0) is 21.4. The number of amides is 5. The molecule has 0 spiro atoms. The molecule has 5 amide bonds. The number of nitrogens with one attached hydrogen (secondary N) is 1. The van der Waals surface area contributed by atoms with Crippen LogP contribution in [0.25, 0.3) is 0 Å². The van der Waals surface area contributed by atoms with Gasteiger partial charge >= 0.3 is 0 Å². The molecule has 2 fully saturated rings. The van der Waals surface area contributed by atoms with Gasteiger partial charge < -0.3 is 9.64 Å². The fraction of sp³-hybridized carbons (Fsp3) is 0.476. The highest BCUT2D eigenvalue weighted by Crippen LogP contribution is 2.33. The van der Waals surface area contributed by atoms with Crippen molar-refractivity contribution in [1.82, 2.24) is 15.1 Å². The number of benzene rings is 1. The standard InChI is InChI=1S/C21H23N3O6/c1-12-5-2-3-10-23(12)17(26)11-30-15-7-4-6-13-18(15)21(29)24(20(13)28)14-8-9-16(25)22-19(14)27/h4,6-7,12,14H,2-3,5,8-11H2,1H3,(H,22,25,27). The van der Waals surface area contributed by atoms with Gasteiger partial charge in [0, 0.05) is 19.0 Å². The Balaban J connectivity index is 1.52. The summed E-state index contributed by atoms with van der Waals surface area (Å²) in [5.41, 5.74) is 0.174. The van der Waals surface area contributed by atoms with Gasteiger partial charge in [0.15, 0.2) is 6.61 Å². The number of carbonyl (C=O) groups excluding carboxylic acids is 5. The van der Waals surface area contributed by atoms with Crippen molar-refractivity contribution in [1.29, 1.82) is 0 Å². The minimum Gasteiger partial charge on any atom is -0.483 e. The minimum absolute atomic E-state index is 0.0479. The maximum Gasteiger partial charge on any atom is 0.266 e. The smallest absolute Gasteiger partial charge is 0.266 e. The number of likely N-dealkylation sites (tertiary alicyclic amines) is 1. The van der Waals surface area contributed by atoms with Gasteiger partial charge in [-0.15, -0.1) is 0 Å². The van der Waals surface area contributed by atoms with Gasteiger partial charge in [0.2, 0.25) is 11.8 Å². The zero-order valence-corrected chi connectivity index (χ0v) is 16.7. The molecule has 158 valence electrons. The number of carbonyl (C=O) groups is 5. The summed E-state index contributed by atoms with van der Waals surface area (Å²) in [4.78, 5) is 64.6. The average molecular weight is 413 g/mol. The van der Waals surface area contributed by atoms with Crippen LogP contribution in [-0.2, 0) is 14.4 Å². The van der Waals surface area contributed by atoms with Crippen LogP contribution in [-0.4, -0.2) is 64.6 Å². The van der Waals surface area contributed by atoms with E-state index in [0.717, 1.165) is 24.2 Å². The summed E-state index contributed by atoms with van der Waals surface area (Å²) in [5, 5.41) is 2.16. The van der Waals surface area contributed by atoms with Crippen LogP contribution in [0.1, 0.15) is 59.7 Å². The molecule has 30 heavy (non-hydrogen) atoms. The van der Waals surface area contributed by atoms with Crippen molar-refractivity contribution in [3.05, 3.63) is 29.3 Å². The first-order chi connectivity index (χ1) is 14.4. The summed E-state index contributed by atoms with van der Waals surface area (Å²) in [7, 11) is 0. The molecule has 2 atom stereocenters. The van der Waals surface area contributed by atoms with Gasteiger partial charge in [-0.2, -0.15) is 0 Å². The highest BCUT2D eigenvalue weighted by atomic mass is 16.5. The lowest BCUT2D eigenvalue weighted by Gasteiger charge is -2.33. The normalized spacial score (nSPS) is 24.0. The number of ether oxygens (including phenoxy) is 1. The summed E-state index contributed by atoms with van der Waals surface area (Å²) in [6.07, 6.45) is 3.11. The summed E-state index contributed by atoms with van der Waals surface area (Å²) in [6, 6.07) is 3.69. The third-order valence-electron chi connectivity index (χ3n) is 5.90. The number of nitrogens with zero attached hydrogens (tertiary/aromatic N) is 2. The number of hydrogen-bond acceptors (Lipinski definition) is 6. The van der Waals surface area contributed by atoms with Crippen molar-refractivity contribution in [2.24, 2.45) is 0 Å². The lowest BCUT2D eigenvalue weighted by atomic mass is 10.0. The van der Waals surface area contributed by atoms with Gasteiger partial charge in [-0.25, -0.2) is 0 Å². The van der Waals surface area contributed by atoms with Crippen LogP contribution in [0.3, 0.4) is 0 Å². The molecule has 4 rings (SSSR count). The van der Waals surface area contributed by atoms with Crippen molar-refractivity contribution in [3.8, 4) is 5.75 Å². The summed E-state index contributed by atoms with van der Waals surface area (Å²) >= 11 is 0. The second-order valence-corrected chi connectivity index (χ2v) is 7.85. The van der Waals surface area contributed by atoms with Gasteiger partial charge in [-0.1, -0.05) is 6.07 Å². The summed E-state index contributed by atoms with van der Waals surface area (Å²) in [6.45, 7) is 2.44. The fourth-order valence-corrected chi connectivity index (χ4v) is 4.30. The van der Waals surface area contributed by atoms with Crippen molar-refractivity contribution in [2.75, 3.05) is 13.2 Å². The average Bonchev–Trinajstić information content (AvgIpc) is 2.98. The maximum absolute atomic E-state index is 13.0. The molecule has 1 N–H and O–H groups in total. The van der Waals surface area contributed by atoms with Gasteiger partial charge in [0.25, 0.3) is 17.7 Å². The highest BCUT2D eigenvalue weighted by Gasteiger charge is 2.46. The van der Waals surface area contributed by atoms with E-state index < -0.39 is 29.7 Å². The molecular formula is C21H23N3O6. The van der Waals surface area contributed by atoms with Gasteiger partial charge in [0.05, 0.1) is 11.1 Å². The first-order valence-corrected chi connectivity index (χ1v) is 10.2. The van der Waals surface area contributed by atoms with Gasteiger partial charge in [-0.05, 0) is 44.7 Å². The Kier molecular flexibility index (Phi) is 5.27. The van der Waals surface area contributed by atoms with Crippen LogP contribution >= 0.6 is 0 Å².